The third-order valence-electron chi connectivity index (χ3n) is 4.35. The molecule has 2 aromatic heterocycles. The predicted octanol–water partition coefficient (Wildman–Crippen LogP) is 4.44. The van der Waals surface area contributed by atoms with E-state index in [1.807, 2.05) is 4.57 Å². The van der Waals surface area contributed by atoms with Crippen molar-refractivity contribution >= 4 is 34.7 Å². The van der Waals surface area contributed by atoms with Crippen molar-refractivity contribution in [3.8, 4) is 0 Å². The van der Waals surface area contributed by atoms with Crippen LogP contribution in [0.3, 0.4) is 0 Å². The van der Waals surface area contributed by atoms with Crippen molar-refractivity contribution in [3.63, 3.8) is 0 Å². The quantitative estimate of drug-likeness (QED) is 0.540. The van der Waals surface area contributed by atoms with Gasteiger partial charge in [-0.3, -0.25) is 4.79 Å². The van der Waals surface area contributed by atoms with Crippen LogP contribution >= 0.6 is 23.1 Å². The van der Waals surface area contributed by atoms with E-state index < -0.39 is 0 Å². The molecular formula is C20H24N4OS2. The maximum absolute atomic E-state index is 12.5. The fraction of sp³-hybridized carbons (Fsp3) is 0.350. The van der Waals surface area contributed by atoms with Gasteiger partial charge in [0.25, 0.3) is 0 Å². The van der Waals surface area contributed by atoms with Crippen LogP contribution in [0, 0.1) is 0 Å². The Kier molecular flexibility index (Phi) is 7.06. The molecule has 0 spiro atoms. The van der Waals surface area contributed by atoms with Crippen molar-refractivity contribution in [1.82, 2.24) is 14.8 Å². The number of hydrogen-bond acceptors (Lipinski definition) is 5. The Morgan fingerprint density at radius 2 is 1.96 bits per heavy atom. The second-order valence-corrected chi connectivity index (χ2v) is 8.11. The number of thiophene rings is 1. The molecule has 142 valence electrons. The molecule has 0 unspecified atom stereocenters. The highest BCUT2D eigenvalue weighted by Gasteiger charge is 2.12. The molecule has 0 aliphatic heterocycles. The minimum absolute atomic E-state index is 0.0107. The number of aryl methyl sites for hydroxylation is 4. The van der Waals surface area contributed by atoms with Gasteiger partial charge in [-0.05, 0) is 41.8 Å². The van der Waals surface area contributed by atoms with Crippen molar-refractivity contribution in [2.45, 2.75) is 44.8 Å². The van der Waals surface area contributed by atoms with Crippen LogP contribution in [0.4, 0.5) is 5.69 Å². The summed E-state index contributed by atoms with van der Waals surface area (Å²) in [7, 11) is 0. The Hall–Kier alpha value is -2.12. The molecule has 2 heterocycles. The number of carbonyl (C=O) groups is 1. The zero-order valence-electron chi connectivity index (χ0n) is 15.6. The molecule has 7 heteroatoms. The lowest BCUT2D eigenvalue weighted by atomic mass is 10.0. The van der Waals surface area contributed by atoms with Gasteiger partial charge in [0.15, 0.2) is 5.16 Å². The number of benzene rings is 1. The van der Waals surface area contributed by atoms with Gasteiger partial charge >= 0.3 is 0 Å². The zero-order valence-corrected chi connectivity index (χ0v) is 17.3. The smallest absolute Gasteiger partial charge is 0.234 e. The molecule has 0 aliphatic carbocycles. The molecule has 0 saturated heterocycles. The first kappa shape index (κ1) is 19.6. The van der Waals surface area contributed by atoms with Crippen LogP contribution in [0.5, 0.6) is 0 Å². The van der Waals surface area contributed by atoms with Gasteiger partial charge in [-0.25, -0.2) is 0 Å². The molecule has 0 radical (unpaired) electrons. The van der Waals surface area contributed by atoms with Crippen molar-refractivity contribution in [3.05, 3.63) is 58.0 Å². The molecule has 5 nitrogen and oxygen atoms in total. The molecule has 0 saturated carbocycles. The topological polar surface area (TPSA) is 59.8 Å². The van der Waals surface area contributed by atoms with Gasteiger partial charge in [0.05, 0.1) is 5.75 Å². The number of thioether (sulfide) groups is 1. The highest BCUT2D eigenvalue weighted by molar-refractivity contribution is 7.99. The average molecular weight is 401 g/mol. The van der Waals surface area contributed by atoms with E-state index in [0.717, 1.165) is 36.7 Å². The summed E-state index contributed by atoms with van der Waals surface area (Å²) in [5, 5.41) is 14.1. The molecular weight excluding hydrogens is 376 g/mol. The van der Waals surface area contributed by atoms with Crippen LogP contribution < -0.4 is 5.32 Å². The minimum atomic E-state index is -0.0107. The van der Waals surface area contributed by atoms with Gasteiger partial charge in [0.1, 0.15) is 6.33 Å². The summed E-state index contributed by atoms with van der Waals surface area (Å²) in [6.07, 6.45) is 4.47. The summed E-state index contributed by atoms with van der Waals surface area (Å²) in [5.74, 6) is 0.308. The van der Waals surface area contributed by atoms with Gasteiger partial charge in [0, 0.05) is 17.1 Å². The number of carbonyl (C=O) groups excluding carboxylic acids is 1. The number of para-hydroxylation sites is 1. The summed E-state index contributed by atoms with van der Waals surface area (Å²) >= 11 is 3.18. The van der Waals surface area contributed by atoms with Crippen LogP contribution in [0.25, 0.3) is 0 Å². The molecule has 27 heavy (non-hydrogen) atoms. The second-order valence-electron chi connectivity index (χ2n) is 6.13. The fourth-order valence-corrected chi connectivity index (χ4v) is 4.34. The maximum Gasteiger partial charge on any atom is 0.234 e. The van der Waals surface area contributed by atoms with E-state index in [4.69, 9.17) is 0 Å². The van der Waals surface area contributed by atoms with E-state index in [-0.39, 0.29) is 5.91 Å². The van der Waals surface area contributed by atoms with Gasteiger partial charge in [-0.2, -0.15) is 0 Å². The predicted molar refractivity (Wildman–Crippen MR) is 113 cm³/mol. The Morgan fingerprint density at radius 3 is 2.63 bits per heavy atom. The van der Waals surface area contributed by atoms with Crippen molar-refractivity contribution in [2.24, 2.45) is 0 Å². The van der Waals surface area contributed by atoms with Crippen LogP contribution in [0.2, 0.25) is 0 Å². The number of aromatic nitrogens is 3. The van der Waals surface area contributed by atoms with E-state index in [9.17, 15) is 4.79 Å². The molecule has 1 aromatic carbocycles. The van der Waals surface area contributed by atoms with Crippen molar-refractivity contribution in [2.75, 3.05) is 11.1 Å². The highest BCUT2D eigenvalue weighted by atomic mass is 32.2. The Morgan fingerprint density at radius 1 is 1.19 bits per heavy atom. The largest absolute Gasteiger partial charge is 0.325 e. The van der Waals surface area contributed by atoms with Crippen LogP contribution in [-0.2, 0) is 30.6 Å². The van der Waals surface area contributed by atoms with Gasteiger partial charge < -0.3 is 9.88 Å². The number of nitrogens with zero attached hydrogens (tertiary/aromatic N) is 3. The average Bonchev–Trinajstić information content (AvgIpc) is 3.36. The SMILES string of the molecule is CCc1cccc(CC)c1NC(=O)CSc1nncn1CCc1cccs1. The van der Waals surface area contributed by atoms with E-state index in [0.29, 0.717) is 5.75 Å². The Balaban J connectivity index is 1.58. The molecule has 0 bridgehead atoms. The minimum Gasteiger partial charge on any atom is -0.325 e. The number of anilines is 1. The summed E-state index contributed by atoms with van der Waals surface area (Å²) in [4.78, 5) is 13.8. The standard InChI is InChI=1S/C20H24N4OS2/c1-3-15-7-5-8-16(4-2)19(15)22-18(25)13-27-20-23-21-14-24(20)11-10-17-9-6-12-26-17/h5-9,12,14H,3-4,10-11,13H2,1-2H3,(H,22,25). The third-order valence-corrected chi connectivity index (χ3v) is 6.27. The van der Waals surface area contributed by atoms with Crippen molar-refractivity contribution < 1.29 is 4.79 Å². The Labute approximate surface area is 168 Å². The molecule has 1 amide bonds. The second kappa shape index (κ2) is 9.71. The first-order valence-corrected chi connectivity index (χ1v) is 11.0. The van der Waals surface area contributed by atoms with E-state index in [1.54, 1.807) is 17.7 Å². The monoisotopic (exact) mass is 400 g/mol. The lowest BCUT2D eigenvalue weighted by Gasteiger charge is -2.14. The molecule has 3 aromatic rings. The summed E-state index contributed by atoms with van der Waals surface area (Å²) in [5.41, 5.74) is 3.31. The number of hydrogen-bond donors (Lipinski definition) is 1. The van der Waals surface area contributed by atoms with Crippen LogP contribution in [-0.4, -0.2) is 26.4 Å². The molecule has 0 atom stereocenters. The summed E-state index contributed by atoms with van der Waals surface area (Å²) in [6.45, 7) is 5.03. The van der Waals surface area contributed by atoms with Gasteiger partial charge in [-0.15, -0.1) is 21.5 Å². The maximum atomic E-state index is 12.5. The normalized spacial score (nSPS) is 10.9. The van der Waals surface area contributed by atoms with E-state index in [1.165, 1.54) is 27.8 Å². The molecule has 3 rings (SSSR count). The first-order chi connectivity index (χ1) is 13.2. The molecule has 0 fully saturated rings. The van der Waals surface area contributed by atoms with Crippen LogP contribution in [0.1, 0.15) is 29.9 Å². The summed E-state index contributed by atoms with van der Waals surface area (Å²) in [6, 6.07) is 10.4. The number of rotatable bonds is 9. The van der Waals surface area contributed by atoms with Crippen molar-refractivity contribution in [1.29, 1.82) is 0 Å². The summed E-state index contributed by atoms with van der Waals surface area (Å²) < 4.78 is 2.01. The van der Waals surface area contributed by atoms with Gasteiger partial charge in [-0.1, -0.05) is 49.9 Å². The van der Waals surface area contributed by atoms with E-state index >= 15 is 0 Å². The van der Waals surface area contributed by atoms with Crippen LogP contribution in [0.15, 0.2) is 47.2 Å². The number of amides is 1. The number of nitrogens with one attached hydrogen (secondary N) is 1. The molecule has 1 N–H and O–H groups in total. The zero-order chi connectivity index (χ0) is 19.1. The van der Waals surface area contributed by atoms with Gasteiger partial charge in [0.2, 0.25) is 5.91 Å². The lowest BCUT2D eigenvalue weighted by molar-refractivity contribution is -0.113. The lowest BCUT2D eigenvalue weighted by Crippen LogP contribution is -2.17. The Bertz CT molecular complexity index is 852. The third kappa shape index (κ3) is 5.20. The fourth-order valence-electron chi connectivity index (χ4n) is 2.90. The highest BCUT2D eigenvalue weighted by Crippen LogP contribution is 2.23. The van der Waals surface area contributed by atoms with E-state index in [2.05, 4.69) is 65.1 Å². The molecule has 0 aliphatic rings. The first-order valence-electron chi connectivity index (χ1n) is 9.14.